The first-order valence-corrected chi connectivity index (χ1v) is 6.43. The van der Waals surface area contributed by atoms with Crippen molar-refractivity contribution in [1.29, 1.82) is 0 Å². The Bertz CT molecular complexity index is 552. The summed E-state index contributed by atoms with van der Waals surface area (Å²) in [6.45, 7) is 1.90. The van der Waals surface area contributed by atoms with E-state index in [0.717, 1.165) is 11.1 Å². The molecule has 0 spiro atoms. The molecule has 2 rings (SSSR count). The lowest BCUT2D eigenvalue weighted by atomic mass is 10.1. The van der Waals surface area contributed by atoms with Gasteiger partial charge < -0.3 is 4.74 Å². The molecule has 1 unspecified atom stereocenters. The van der Waals surface area contributed by atoms with Crippen LogP contribution in [-0.2, 0) is 4.79 Å². The first-order valence-electron chi connectivity index (χ1n) is 6.43. The van der Waals surface area contributed by atoms with Gasteiger partial charge in [-0.3, -0.25) is 10.0 Å². The molecule has 0 saturated heterocycles. The molecule has 0 aliphatic carbocycles. The minimum Gasteiger partial charge on any atom is -0.493 e. The summed E-state index contributed by atoms with van der Waals surface area (Å²) in [5.41, 5.74) is 3.87. The molecule has 0 saturated carbocycles. The minimum atomic E-state index is -0.453. The fourth-order valence-corrected chi connectivity index (χ4v) is 1.78. The number of carbonyl (C=O) groups excluding carboxylic acids is 1. The highest BCUT2D eigenvalue weighted by Gasteiger charge is 2.12. The summed E-state index contributed by atoms with van der Waals surface area (Å²) in [7, 11) is 0. The number of ether oxygens (including phenoxy) is 1. The zero-order valence-corrected chi connectivity index (χ0v) is 11.2. The first-order chi connectivity index (χ1) is 9.70. The third-order valence-electron chi connectivity index (χ3n) is 3.02. The molecule has 104 valence electrons. The van der Waals surface area contributed by atoms with Gasteiger partial charge in [0, 0.05) is 0 Å². The molecule has 0 aliphatic rings. The Labute approximate surface area is 118 Å². The summed E-state index contributed by atoms with van der Waals surface area (Å²) in [5, 5.41) is 8.51. The summed E-state index contributed by atoms with van der Waals surface area (Å²) < 4.78 is 5.51. The Morgan fingerprint density at radius 3 is 2.30 bits per heavy atom. The lowest BCUT2D eigenvalue weighted by Gasteiger charge is -2.11. The average Bonchev–Trinajstić information content (AvgIpc) is 2.53. The van der Waals surface area contributed by atoms with Crippen molar-refractivity contribution in [2.24, 2.45) is 5.92 Å². The smallest absolute Gasteiger partial charge is 0.249 e. The van der Waals surface area contributed by atoms with E-state index in [1.165, 1.54) is 0 Å². The molecule has 0 bridgehead atoms. The molecule has 4 nitrogen and oxygen atoms in total. The Kier molecular flexibility index (Phi) is 4.74. The van der Waals surface area contributed by atoms with E-state index in [-0.39, 0.29) is 6.61 Å². The maximum atomic E-state index is 11.1. The SMILES string of the molecule is CC(COc1ccc(-c2ccccc2)cc1)C(=O)NO. The minimum absolute atomic E-state index is 0.219. The van der Waals surface area contributed by atoms with E-state index in [1.54, 1.807) is 12.4 Å². The number of carbonyl (C=O) groups is 1. The lowest BCUT2D eigenvalue weighted by molar-refractivity contribution is -0.133. The van der Waals surface area contributed by atoms with E-state index in [4.69, 9.17) is 9.94 Å². The Morgan fingerprint density at radius 1 is 1.10 bits per heavy atom. The molecular formula is C16H17NO3. The van der Waals surface area contributed by atoms with Gasteiger partial charge in [0.05, 0.1) is 12.5 Å². The van der Waals surface area contributed by atoms with Crippen LogP contribution in [0.25, 0.3) is 11.1 Å². The fraction of sp³-hybridized carbons (Fsp3) is 0.188. The third-order valence-corrected chi connectivity index (χ3v) is 3.02. The van der Waals surface area contributed by atoms with Crippen LogP contribution in [0.1, 0.15) is 6.92 Å². The molecule has 4 heteroatoms. The molecule has 2 N–H and O–H groups in total. The molecular weight excluding hydrogens is 254 g/mol. The topological polar surface area (TPSA) is 58.6 Å². The Hall–Kier alpha value is -2.33. The predicted molar refractivity (Wildman–Crippen MR) is 76.5 cm³/mol. The van der Waals surface area contributed by atoms with Gasteiger partial charge in [0.15, 0.2) is 0 Å². The highest BCUT2D eigenvalue weighted by atomic mass is 16.5. The van der Waals surface area contributed by atoms with Crippen LogP contribution >= 0.6 is 0 Å². The quantitative estimate of drug-likeness (QED) is 0.649. The molecule has 2 aromatic carbocycles. The number of nitrogens with one attached hydrogen (secondary N) is 1. The molecule has 0 aliphatic heterocycles. The van der Waals surface area contributed by atoms with Crippen molar-refractivity contribution in [3.63, 3.8) is 0 Å². The zero-order valence-electron chi connectivity index (χ0n) is 11.2. The van der Waals surface area contributed by atoms with E-state index in [2.05, 4.69) is 0 Å². The summed E-state index contributed by atoms with van der Waals surface area (Å²) in [6.07, 6.45) is 0. The summed E-state index contributed by atoms with van der Waals surface area (Å²) in [4.78, 5) is 11.1. The van der Waals surface area contributed by atoms with E-state index in [0.29, 0.717) is 5.75 Å². The van der Waals surface area contributed by atoms with Gasteiger partial charge in [-0.05, 0) is 23.3 Å². The van der Waals surface area contributed by atoms with Gasteiger partial charge in [0.1, 0.15) is 5.75 Å². The zero-order chi connectivity index (χ0) is 14.4. The van der Waals surface area contributed by atoms with Gasteiger partial charge in [-0.2, -0.15) is 0 Å². The lowest BCUT2D eigenvalue weighted by Crippen LogP contribution is -2.29. The maximum absolute atomic E-state index is 11.1. The number of hydroxylamine groups is 1. The number of hydrogen-bond acceptors (Lipinski definition) is 3. The van der Waals surface area contributed by atoms with Crippen molar-refractivity contribution in [2.45, 2.75) is 6.92 Å². The van der Waals surface area contributed by atoms with Crippen LogP contribution in [0.15, 0.2) is 54.6 Å². The van der Waals surface area contributed by atoms with Crippen LogP contribution in [-0.4, -0.2) is 17.7 Å². The van der Waals surface area contributed by atoms with Gasteiger partial charge in [-0.25, -0.2) is 5.48 Å². The van der Waals surface area contributed by atoms with Crippen LogP contribution in [0.3, 0.4) is 0 Å². The third kappa shape index (κ3) is 3.59. The highest BCUT2D eigenvalue weighted by Crippen LogP contribution is 2.22. The molecule has 1 atom stereocenters. The van der Waals surface area contributed by atoms with E-state index >= 15 is 0 Å². The Morgan fingerprint density at radius 2 is 1.70 bits per heavy atom. The summed E-state index contributed by atoms with van der Waals surface area (Å²) in [6, 6.07) is 17.7. The average molecular weight is 271 g/mol. The van der Waals surface area contributed by atoms with Crippen LogP contribution < -0.4 is 10.2 Å². The first kappa shape index (κ1) is 14.1. The van der Waals surface area contributed by atoms with Crippen molar-refractivity contribution in [3.05, 3.63) is 54.6 Å². The van der Waals surface area contributed by atoms with Gasteiger partial charge in [0.2, 0.25) is 5.91 Å². The summed E-state index contributed by atoms with van der Waals surface area (Å²) >= 11 is 0. The number of rotatable bonds is 5. The second kappa shape index (κ2) is 6.73. The van der Waals surface area contributed by atoms with Crippen molar-refractivity contribution in [3.8, 4) is 16.9 Å². The molecule has 2 aromatic rings. The maximum Gasteiger partial charge on any atom is 0.249 e. The molecule has 0 aromatic heterocycles. The number of benzene rings is 2. The van der Waals surface area contributed by atoms with E-state index < -0.39 is 11.8 Å². The summed E-state index contributed by atoms with van der Waals surface area (Å²) in [5.74, 6) is -0.165. The molecule has 0 fully saturated rings. The second-order valence-electron chi connectivity index (χ2n) is 4.58. The Balaban J connectivity index is 1.97. The van der Waals surface area contributed by atoms with Gasteiger partial charge >= 0.3 is 0 Å². The van der Waals surface area contributed by atoms with Crippen LogP contribution in [0.4, 0.5) is 0 Å². The van der Waals surface area contributed by atoms with E-state index in [1.807, 2.05) is 54.6 Å². The predicted octanol–water partition coefficient (Wildman–Crippen LogP) is 2.87. The van der Waals surface area contributed by atoms with Gasteiger partial charge in [-0.1, -0.05) is 49.4 Å². The fourth-order valence-electron chi connectivity index (χ4n) is 1.78. The van der Waals surface area contributed by atoms with Crippen molar-refractivity contribution in [2.75, 3.05) is 6.61 Å². The standard InChI is InChI=1S/C16H17NO3/c1-12(16(18)17-19)11-20-15-9-7-14(8-10-15)13-5-3-2-4-6-13/h2-10,12,19H,11H2,1H3,(H,17,18). The van der Waals surface area contributed by atoms with Crippen LogP contribution in [0.2, 0.25) is 0 Å². The van der Waals surface area contributed by atoms with Crippen LogP contribution in [0, 0.1) is 5.92 Å². The normalized spacial score (nSPS) is 11.7. The number of amides is 1. The van der Waals surface area contributed by atoms with Crippen molar-refractivity contribution >= 4 is 5.91 Å². The largest absolute Gasteiger partial charge is 0.493 e. The number of hydrogen-bond donors (Lipinski definition) is 2. The molecule has 0 heterocycles. The monoisotopic (exact) mass is 271 g/mol. The van der Waals surface area contributed by atoms with E-state index in [9.17, 15) is 4.79 Å². The molecule has 0 radical (unpaired) electrons. The van der Waals surface area contributed by atoms with Crippen LogP contribution in [0.5, 0.6) is 5.75 Å². The highest BCUT2D eigenvalue weighted by molar-refractivity contribution is 5.77. The van der Waals surface area contributed by atoms with Crippen molar-refractivity contribution < 1.29 is 14.7 Å². The van der Waals surface area contributed by atoms with Crippen molar-refractivity contribution in [1.82, 2.24) is 5.48 Å². The molecule has 20 heavy (non-hydrogen) atoms. The van der Waals surface area contributed by atoms with Gasteiger partial charge in [0.25, 0.3) is 0 Å². The second-order valence-corrected chi connectivity index (χ2v) is 4.58. The van der Waals surface area contributed by atoms with Gasteiger partial charge in [-0.15, -0.1) is 0 Å². The molecule has 1 amide bonds.